The first-order chi connectivity index (χ1) is 12.2. The lowest BCUT2D eigenvalue weighted by molar-refractivity contribution is 0.409. The molecule has 2 aromatic rings. The van der Waals surface area contributed by atoms with Crippen molar-refractivity contribution in [1.29, 1.82) is 0 Å². The molecule has 0 saturated carbocycles. The fourth-order valence-electron chi connectivity index (χ4n) is 2.61. The number of nitrogens with one attached hydrogen (secondary N) is 2. The van der Waals surface area contributed by atoms with Crippen LogP contribution in [0, 0.1) is 6.92 Å². The van der Waals surface area contributed by atoms with Crippen LogP contribution < -0.4 is 20.1 Å². The SMILES string of the molecule is CN=C(NCCc1ccccc1OC)NCc1ccc(C)c(OC)c1.I. The molecule has 0 aliphatic carbocycles. The van der Waals surface area contributed by atoms with Crippen LogP contribution in [0.3, 0.4) is 0 Å². The topological polar surface area (TPSA) is 54.9 Å². The minimum Gasteiger partial charge on any atom is -0.496 e. The van der Waals surface area contributed by atoms with Gasteiger partial charge in [0.15, 0.2) is 5.96 Å². The number of halogens is 1. The van der Waals surface area contributed by atoms with Crippen LogP contribution in [0.4, 0.5) is 0 Å². The van der Waals surface area contributed by atoms with Crippen LogP contribution in [0.1, 0.15) is 16.7 Å². The molecule has 0 unspecified atom stereocenters. The summed E-state index contributed by atoms with van der Waals surface area (Å²) >= 11 is 0. The van der Waals surface area contributed by atoms with Crippen LogP contribution >= 0.6 is 24.0 Å². The Morgan fingerprint density at radius 1 is 1.00 bits per heavy atom. The normalized spacial score (nSPS) is 10.7. The van der Waals surface area contributed by atoms with E-state index in [1.165, 1.54) is 5.56 Å². The Kier molecular flexibility index (Phi) is 9.87. The van der Waals surface area contributed by atoms with Crippen molar-refractivity contribution in [3.05, 3.63) is 59.2 Å². The monoisotopic (exact) mass is 469 g/mol. The van der Waals surface area contributed by atoms with Crippen LogP contribution in [-0.4, -0.2) is 33.8 Å². The van der Waals surface area contributed by atoms with Gasteiger partial charge in [-0.2, -0.15) is 0 Å². The Bertz CT molecular complexity index is 720. The number of aliphatic imine (C=N–C) groups is 1. The molecule has 0 radical (unpaired) electrons. The van der Waals surface area contributed by atoms with Gasteiger partial charge in [0.05, 0.1) is 14.2 Å². The van der Waals surface area contributed by atoms with Gasteiger partial charge in [0.25, 0.3) is 0 Å². The number of guanidine groups is 1. The Morgan fingerprint density at radius 2 is 1.73 bits per heavy atom. The van der Waals surface area contributed by atoms with Gasteiger partial charge in [0.2, 0.25) is 0 Å². The van der Waals surface area contributed by atoms with Crippen molar-refractivity contribution in [2.75, 3.05) is 27.8 Å². The quantitative estimate of drug-likeness (QED) is 0.370. The minimum absolute atomic E-state index is 0. The molecular weight excluding hydrogens is 441 g/mol. The molecule has 0 heterocycles. The van der Waals surface area contributed by atoms with Crippen molar-refractivity contribution in [2.24, 2.45) is 4.99 Å². The lowest BCUT2D eigenvalue weighted by Crippen LogP contribution is -2.37. The summed E-state index contributed by atoms with van der Waals surface area (Å²) in [5.41, 5.74) is 3.46. The number of ether oxygens (including phenoxy) is 2. The molecule has 142 valence electrons. The van der Waals surface area contributed by atoms with Crippen molar-refractivity contribution in [3.8, 4) is 11.5 Å². The maximum absolute atomic E-state index is 5.38. The van der Waals surface area contributed by atoms with E-state index in [2.05, 4.69) is 33.8 Å². The van der Waals surface area contributed by atoms with E-state index < -0.39 is 0 Å². The minimum atomic E-state index is 0. The first kappa shape index (κ1) is 22.1. The van der Waals surface area contributed by atoms with Gasteiger partial charge in [-0.15, -0.1) is 24.0 Å². The first-order valence-electron chi connectivity index (χ1n) is 8.38. The number of hydrogen-bond acceptors (Lipinski definition) is 3. The van der Waals surface area contributed by atoms with Crippen molar-refractivity contribution in [2.45, 2.75) is 19.9 Å². The molecule has 0 bridgehead atoms. The fraction of sp³-hybridized carbons (Fsp3) is 0.350. The predicted octanol–water partition coefficient (Wildman–Crippen LogP) is 3.54. The van der Waals surface area contributed by atoms with Crippen molar-refractivity contribution in [3.63, 3.8) is 0 Å². The lowest BCUT2D eigenvalue weighted by atomic mass is 10.1. The molecule has 26 heavy (non-hydrogen) atoms. The van der Waals surface area contributed by atoms with Crippen LogP contribution in [-0.2, 0) is 13.0 Å². The van der Waals surface area contributed by atoms with Crippen LogP contribution in [0.15, 0.2) is 47.5 Å². The van der Waals surface area contributed by atoms with Gasteiger partial charge in [-0.3, -0.25) is 4.99 Å². The molecular formula is C20H28IN3O2. The van der Waals surface area contributed by atoms with Crippen molar-refractivity contribution < 1.29 is 9.47 Å². The molecule has 0 atom stereocenters. The van der Waals surface area contributed by atoms with E-state index in [0.29, 0.717) is 6.54 Å². The van der Waals surface area contributed by atoms with Crippen molar-refractivity contribution in [1.82, 2.24) is 10.6 Å². The molecule has 2 aromatic carbocycles. The largest absolute Gasteiger partial charge is 0.496 e. The van der Waals surface area contributed by atoms with E-state index in [9.17, 15) is 0 Å². The molecule has 0 saturated heterocycles. The van der Waals surface area contributed by atoms with E-state index in [0.717, 1.165) is 41.6 Å². The highest BCUT2D eigenvalue weighted by atomic mass is 127. The second-order valence-electron chi connectivity index (χ2n) is 5.72. The third-order valence-electron chi connectivity index (χ3n) is 4.04. The molecule has 0 aromatic heterocycles. The Hall–Kier alpha value is -1.96. The highest BCUT2D eigenvalue weighted by molar-refractivity contribution is 14.0. The molecule has 0 amide bonds. The van der Waals surface area contributed by atoms with E-state index in [1.54, 1.807) is 21.3 Å². The maximum atomic E-state index is 5.38. The number of methoxy groups -OCH3 is 2. The predicted molar refractivity (Wildman–Crippen MR) is 118 cm³/mol. The summed E-state index contributed by atoms with van der Waals surface area (Å²) in [6, 6.07) is 14.3. The van der Waals surface area contributed by atoms with E-state index in [4.69, 9.17) is 9.47 Å². The highest BCUT2D eigenvalue weighted by Gasteiger charge is 2.04. The van der Waals surface area contributed by atoms with E-state index in [1.807, 2.05) is 31.2 Å². The third-order valence-corrected chi connectivity index (χ3v) is 4.04. The number of aryl methyl sites for hydroxylation is 1. The molecule has 0 aliphatic heterocycles. The van der Waals surface area contributed by atoms with E-state index >= 15 is 0 Å². The highest BCUT2D eigenvalue weighted by Crippen LogP contribution is 2.19. The summed E-state index contributed by atoms with van der Waals surface area (Å²) in [5, 5.41) is 6.65. The number of rotatable bonds is 7. The van der Waals surface area contributed by atoms with Crippen LogP contribution in [0.25, 0.3) is 0 Å². The van der Waals surface area contributed by atoms with Gasteiger partial charge in [-0.05, 0) is 42.2 Å². The first-order valence-corrected chi connectivity index (χ1v) is 8.38. The Balaban J connectivity index is 0.00000338. The number of nitrogens with zero attached hydrogens (tertiary/aromatic N) is 1. The lowest BCUT2D eigenvalue weighted by Gasteiger charge is -2.14. The summed E-state index contributed by atoms with van der Waals surface area (Å²) in [6.07, 6.45) is 0.864. The summed E-state index contributed by atoms with van der Waals surface area (Å²) in [4.78, 5) is 4.27. The second-order valence-corrected chi connectivity index (χ2v) is 5.72. The molecule has 0 fully saturated rings. The standard InChI is InChI=1S/C20H27N3O2.HI/c1-15-9-10-16(13-19(15)25-4)14-23-20(21-2)22-12-11-17-7-5-6-8-18(17)24-3;/h5-10,13H,11-12,14H2,1-4H3,(H2,21,22,23);1H. The van der Waals surface area contributed by atoms with Gasteiger partial charge in [0.1, 0.15) is 11.5 Å². The van der Waals surface area contributed by atoms with Gasteiger partial charge in [0, 0.05) is 20.1 Å². The zero-order valence-corrected chi connectivity index (χ0v) is 18.2. The Labute approximate surface area is 173 Å². The van der Waals surface area contributed by atoms with Crippen LogP contribution in [0.2, 0.25) is 0 Å². The van der Waals surface area contributed by atoms with E-state index in [-0.39, 0.29) is 24.0 Å². The molecule has 6 heteroatoms. The molecule has 0 spiro atoms. The van der Waals surface area contributed by atoms with Gasteiger partial charge >= 0.3 is 0 Å². The van der Waals surface area contributed by atoms with Gasteiger partial charge in [-0.25, -0.2) is 0 Å². The number of para-hydroxylation sites is 1. The molecule has 2 N–H and O–H groups in total. The fourth-order valence-corrected chi connectivity index (χ4v) is 2.61. The third kappa shape index (κ3) is 6.40. The molecule has 5 nitrogen and oxygen atoms in total. The zero-order valence-electron chi connectivity index (χ0n) is 15.8. The summed E-state index contributed by atoms with van der Waals surface area (Å²) < 4.78 is 10.7. The van der Waals surface area contributed by atoms with Crippen molar-refractivity contribution >= 4 is 29.9 Å². The smallest absolute Gasteiger partial charge is 0.191 e. The summed E-state index contributed by atoms with van der Waals surface area (Å²) in [5.74, 6) is 2.59. The van der Waals surface area contributed by atoms with Gasteiger partial charge in [-0.1, -0.05) is 30.3 Å². The maximum Gasteiger partial charge on any atom is 0.191 e. The summed E-state index contributed by atoms with van der Waals surface area (Å²) in [6.45, 7) is 3.50. The molecule has 2 rings (SSSR count). The van der Waals surface area contributed by atoms with Crippen LogP contribution in [0.5, 0.6) is 11.5 Å². The molecule has 0 aliphatic rings. The average Bonchev–Trinajstić information content (AvgIpc) is 2.65. The number of hydrogen-bond donors (Lipinski definition) is 2. The number of benzene rings is 2. The van der Waals surface area contributed by atoms with Gasteiger partial charge < -0.3 is 20.1 Å². The summed E-state index contributed by atoms with van der Waals surface area (Å²) in [7, 11) is 5.16. The average molecular weight is 469 g/mol. The second kappa shape index (κ2) is 11.6. The Morgan fingerprint density at radius 3 is 2.42 bits per heavy atom. The zero-order chi connectivity index (χ0) is 18.1.